The first-order valence-corrected chi connectivity index (χ1v) is 7.91. The van der Waals surface area contributed by atoms with E-state index in [0.29, 0.717) is 25.1 Å². The molecule has 0 saturated carbocycles. The van der Waals surface area contributed by atoms with Crippen molar-refractivity contribution in [3.8, 4) is 11.4 Å². The van der Waals surface area contributed by atoms with Crippen molar-refractivity contribution in [2.45, 2.75) is 25.6 Å². The molecule has 0 radical (unpaired) electrons. The van der Waals surface area contributed by atoms with E-state index in [1.807, 2.05) is 6.92 Å². The minimum Gasteiger partial charge on any atom is -0.353 e. The highest BCUT2D eigenvalue weighted by Crippen LogP contribution is 2.29. The molecule has 2 aromatic rings. The summed E-state index contributed by atoms with van der Waals surface area (Å²) in [6, 6.07) is 5.25. The second-order valence-corrected chi connectivity index (χ2v) is 5.71. The van der Waals surface area contributed by atoms with Crippen LogP contribution in [0.25, 0.3) is 11.4 Å². The molecule has 0 bridgehead atoms. The molecule has 1 aliphatic rings. The summed E-state index contributed by atoms with van der Waals surface area (Å²) in [5.74, 6) is -2.17. The Hall–Kier alpha value is -2.91. The standard InChI is InChI=1S/C16H15F3N4O3/c1-2-11-13(24)20-7-8-23(11)14(25)10-5-3-9(4-6-10)12-21-15(26-22-12)16(17,18)19/h3-6,11H,2,7-8H2,1H3,(H,20,24). The number of hydrogen-bond acceptors (Lipinski definition) is 5. The molecule has 7 nitrogen and oxygen atoms in total. The molecule has 1 aromatic carbocycles. The van der Waals surface area contributed by atoms with Crippen LogP contribution in [0.5, 0.6) is 0 Å². The van der Waals surface area contributed by atoms with Gasteiger partial charge in [-0.3, -0.25) is 9.59 Å². The normalized spacial score (nSPS) is 17.9. The Bertz CT molecular complexity index is 817. The van der Waals surface area contributed by atoms with Crippen LogP contribution in [0.3, 0.4) is 0 Å². The number of rotatable bonds is 3. The maximum atomic E-state index is 12.6. The van der Waals surface area contributed by atoms with Crippen molar-refractivity contribution in [1.82, 2.24) is 20.4 Å². The quantitative estimate of drug-likeness (QED) is 0.896. The fraction of sp³-hybridized carbons (Fsp3) is 0.375. The van der Waals surface area contributed by atoms with E-state index in [1.165, 1.54) is 29.2 Å². The van der Waals surface area contributed by atoms with Crippen LogP contribution in [0.2, 0.25) is 0 Å². The molecular weight excluding hydrogens is 353 g/mol. The summed E-state index contributed by atoms with van der Waals surface area (Å²) in [6.07, 6.45) is -4.23. The fourth-order valence-electron chi connectivity index (χ4n) is 2.75. The maximum Gasteiger partial charge on any atom is 0.471 e. The van der Waals surface area contributed by atoms with Gasteiger partial charge in [-0.05, 0) is 18.6 Å². The molecule has 1 saturated heterocycles. The van der Waals surface area contributed by atoms with Gasteiger partial charge in [0.15, 0.2) is 0 Å². The molecule has 0 aliphatic carbocycles. The molecule has 138 valence electrons. The first-order valence-electron chi connectivity index (χ1n) is 7.91. The van der Waals surface area contributed by atoms with Crippen LogP contribution in [-0.4, -0.2) is 46.0 Å². The van der Waals surface area contributed by atoms with Gasteiger partial charge in [0.25, 0.3) is 5.91 Å². The van der Waals surface area contributed by atoms with Crippen molar-refractivity contribution in [1.29, 1.82) is 0 Å². The van der Waals surface area contributed by atoms with E-state index in [1.54, 1.807) is 0 Å². The minimum absolute atomic E-state index is 0.199. The predicted molar refractivity (Wildman–Crippen MR) is 82.9 cm³/mol. The zero-order valence-electron chi connectivity index (χ0n) is 13.7. The number of alkyl halides is 3. The summed E-state index contributed by atoms with van der Waals surface area (Å²) in [5, 5.41) is 6.01. The topological polar surface area (TPSA) is 88.3 Å². The zero-order chi connectivity index (χ0) is 18.9. The Kier molecular flexibility index (Phi) is 4.66. The molecule has 1 aromatic heterocycles. The zero-order valence-corrected chi connectivity index (χ0v) is 13.7. The molecule has 26 heavy (non-hydrogen) atoms. The molecule has 0 spiro atoms. The summed E-state index contributed by atoms with van der Waals surface area (Å²) >= 11 is 0. The lowest BCUT2D eigenvalue weighted by Gasteiger charge is -2.34. The molecule has 3 rings (SSSR count). The van der Waals surface area contributed by atoms with Crippen molar-refractivity contribution in [2.75, 3.05) is 13.1 Å². The number of carbonyl (C=O) groups excluding carboxylic acids is 2. The number of aromatic nitrogens is 2. The third kappa shape index (κ3) is 3.39. The molecule has 2 amide bonds. The van der Waals surface area contributed by atoms with Gasteiger partial charge in [0, 0.05) is 24.2 Å². The number of nitrogens with zero attached hydrogens (tertiary/aromatic N) is 3. The number of halogens is 3. The molecule has 1 aliphatic heterocycles. The van der Waals surface area contributed by atoms with E-state index in [0.717, 1.165) is 0 Å². The second kappa shape index (κ2) is 6.77. The van der Waals surface area contributed by atoms with Gasteiger partial charge >= 0.3 is 12.1 Å². The van der Waals surface area contributed by atoms with Crippen molar-refractivity contribution >= 4 is 11.8 Å². The highest BCUT2D eigenvalue weighted by atomic mass is 19.4. The molecule has 1 fully saturated rings. The molecule has 1 N–H and O–H groups in total. The average Bonchev–Trinajstić information content (AvgIpc) is 3.11. The average molecular weight is 368 g/mol. The largest absolute Gasteiger partial charge is 0.471 e. The molecular formula is C16H15F3N4O3. The Morgan fingerprint density at radius 3 is 2.62 bits per heavy atom. The Morgan fingerprint density at radius 2 is 2.04 bits per heavy atom. The van der Waals surface area contributed by atoms with E-state index in [9.17, 15) is 22.8 Å². The van der Waals surface area contributed by atoms with E-state index < -0.39 is 18.1 Å². The van der Waals surface area contributed by atoms with Crippen molar-refractivity contribution in [2.24, 2.45) is 0 Å². The van der Waals surface area contributed by atoms with Gasteiger partial charge in [-0.2, -0.15) is 18.2 Å². The predicted octanol–water partition coefficient (Wildman–Crippen LogP) is 2.11. The van der Waals surface area contributed by atoms with Crippen LogP contribution in [0.15, 0.2) is 28.8 Å². The number of hydrogen-bond donors (Lipinski definition) is 1. The summed E-state index contributed by atoms with van der Waals surface area (Å²) in [4.78, 5) is 29.3. The number of benzene rings is 1. The molecule has 10 heteroatoms. The smallest absolute Gasteiger partial charge is 0.353 e. The Balaban J connectivity index is 1.80. The van der Waals surface area contributed by atoms with E-state index in [-0.39, 0.29) is 23.2 Å². The lowest BCUT2D eigenvalue weighted by Crippen LogP contribution is -2.56. The monoisotopic (exact) mass is 368 g/mol. The van der Waals surface area contributed by atoms with Gasteiger partial charge in [0.2, 0.25) is 11.7 Å². The highest BCUT2D eigenvalue weighted by Gasteiger charge is 2.38. The second-order valence-electron chi connectivity index (χ2n) is 5.71. The number of carbonyl (C=O) groups is 2. The maximum absolute atomic E-state index is 12.6. The van der Waals surface area contributed by atoms with Crippen LogP contribution in [0.4, 0.5) is 13.2 Å². The number of nitrogens with one attached hydrogen (secondary N) is 1. The first-order chi connectivity index (χ1) is 12.3. The summed E-state index contributed by atoms with van der Waals surface area (Å²) < 4.78 is 41.7. The molecule has 1 atom stereocenters. The summed E-state index contributed by atoms with van der Waals surface area (Å²) in [7, 11) is 0. The van der Waals surface area contributed by atoms with Crippen molar-refractivity contribution in [3.63, 3.8) is 0 Å². The molecule has 1 unspecified atom stereocenters. The fourth-order valence-corrected chi connectivity index (χ4v) is 2.75. The van der Waals surface area contributed by atoms with Crippen LogP contribution < -0.4 is 5.32 Å². The lowest BCUT2D eigenvalue weighted by molar-refractivity contribution is -0.159. The van der Waals surface area contributed by atoms with Crippen LogP contribution in [-0.2, 0) is 11.0 Å². The lowest BCUT2D eigenvalue weighted by atomic mass is 10.1. The van der Waals surface area contributed by atoms with Crippen LogP contribution in [0.1, 0.15) is 29.6 Å². The third-order valence-corrected chi connectivity index (χ3v) is 4.04. The van der Waals surface area contributed by atoms with E-state index in [4.69, 9.17) is 0 Å². The third-order valence-electron chi connectivity index (χ3n) is 4.04. The van der Waals surface area contributed by atoms with Gasteiger partial charge in [-0.25, -0.2) is 0 Å². The number of piperazine rings is 1. The van der Waals surface area contributed by atoms with E-state index in [2.05, 4.69) is 20.0 Å². The Labute approximate surface area is 146 Å². The Morgan fingerprint density at radius 1 is 1.35 bits per heavy atom. The van der Waals surface area contributed by atoms with Gasteiger partial charge in [0.05, 0.1) is 0 Å². The SMILES string of the molecule is CCC1C(=O)NCCN1C(=O)c1ccc(-c2noc(C(F)(F)F)n2)cc1. The van der Waals surface area contributed by atoms with Crippen LogP contribution in [0, 0.1) is 0 Å². The van der Waals surface area contributed by atoms with Crippen molar-refractivity contribution in [3.05, 3.63) is 35.7 Å². The van der Waals surface area contributed by atoms with Gasteiger partial charge in [0.1, 0.15) is 6.04 Å². The summed E-state index contributed by atoms with van der Waals surface area (Å²) in [5.41, 5.74) is 0.602. The van der Waals surface area contributed by atoms with E-state index >= 15 is 0 Å². The summed E-state index contributed by atoms with van der Waals surface area (Å²) in [6.45, 7) is 2.58. The van der Waals surface area contributed by atoms with Gasteiger partial charge < -0.3 is 14.7 Å². The first kappa shape index (κ1) is 17.9. The minimum atomic E-state index is -4.72. The van der Waals surface area contributed by atoms with Crippen LogP contribution >= 0.6 is 0 Å². The number of amides is 2. The van der Waals surface area contributed by atoms with Gasteiger partial charge in [-0.15, -0.1) is 0 Å². The van der Waals surface area contributed by atoms with Gasteiger partial charge in [-0.1, -0.05) is 24.2 Å². The highest BCUT2D eigenvalue weighted by molar-refractivity contribution is 5.98. The van der Waals surface area contributed by atoms with Crippen molar-refractivity contribution < 1.29 is 27.3 Å². The molecule has 2 heterocycles.